The summed E-state index contributed by atoms with van der Waals surface area (Å²) in [4.78, 5) is 141. The normalized spacial score (nSPS) is 24.6. The molecule has 78 heavy (non-hydrogen) atoms. The highest BCUT2D eigenvalue weighted by molar-refractivity contribution is 5.71. The second kappa shape index (κ2) is 34.9. The van der Waals surface area contributed by atoms with Gasteiger partial charge < -0.3 is 132 Å². The van der Waals surface area contributed by atoms with E-state index in [4.69, 9.17) is 71.1 Å². The van der Waals surface area contributed by atoms with Crippen molar-refractivity contribution in [1.29, 1.82) is 0 Å². The van der Waals surface area contributed by atoms with E-state index in [9.17, 15) is 114 Å². The van der Waals surface area contributed by atoms with Gasteiger partial charge in [0, 0.05) is 0 Å². The first-order valence-electron chi connectivity index (χ1n) is 21.9. The van der Waals surface area contributed by atoms with Gasteiger partial charge in [0.2, 0.25) is 0 Å². The molecule has 0 saturated carbocycles. The van der Waals surface area contributed by atoms with Crippen molar-refractivity contribution in [2.75, 3.05) is 92.5 Å². The van der Waals surface area contributed by atoms with Crippen molar-refractivity contribution in [2.45, 2.75) is 85.8 Å². The molecule has 0 amide bonds. The van der Waals surface area contributed by atoms with Gasteiger partial charge in [0.05, 0.1) is 19.8 Å². The highest BCUT2D eigenvalue weighted by Crippen LogP contribution is 2.34. The first kappa shape index (κ1) is 67.3. The van der Waals surface area contributed by atoms with Crippen molar-refractivity contribution < 1.29 is 185 Å². The second-order valence-corrected chi connectivity index (χ2v) is 15.6. The standard InChI is InChI=1S/C40H54O38/c41-1-16(65-6-21(44)45)31(67-8-23(48)49)32(68-9-24(50)51)17(66-7-22(46)47)3-75-39-38(74-15-30(62)63)36(72-13-28(58)59)34(70-11-26(54)55)19(78-39)4-76-40-37(73-14-29(60)61)35(71-12-27(56)57)33(69-10-25(52)53)18(77-40)2-64-5-20(42)43/h1,16-19,31-40H,2-15H2,(H,42,43)(H,44,45)(H,46,47)(H,48,49)(H,50,51)(H,52,53)(H,54,55)(H,56,57)(H,58,59)(H,60,61)(H,62,63). The Balaban J connectivity index is 2.92. The van der Waals surface area contributed by atoms with E-state index in [0.29, 0.717) is 0 Å². The van der Waals surface area contributed by atoms with E-state index in [1.807, 2.05) is 0 Å². The summed E-state index contributed by atoms with van der Waals surface area (Å²) < 4.78 is 82.5. The van der Waals surface area contributed by atoms with Crippen LogP contribution >= 0.6 is 0 Å². The highest BCUT2D eigenvalue weighted by atomic mass is 16.8. The van der Waals surface area contributed by atoms with Crippen LogP contribution < -0.4 is 0 Å². The molecule has 2 aliphatic rings. The maximum absolute atomic E-state index is 12.3. The van der Waals surface area contributed by atoms with E-state index >= 15 is 0 Å². The van der Waals surface area contributed by atoms with E-state index in [-0.39, 0.29) is 6.29 Å². The molecular weight excluding hydrogens is 1090 g/mol. The number of rotatable bonds is 44. The molecule has 2 fully saturated rings. The molecular formula is C40H54O38. The Morgan fingerprint density at radius 1 is 0.346 bits per heavy atom. The molecule has 0 aliphatic carbocycles. The van der Waals surface area contributed by atoms with Crippen molar-refractivity contribution in [1.82, 2.24) is 0 Å². The Morgan fingerprint density at radius 2 is 0.667 bits per heavy atom. The quantitative estimate of drug-likeness (QED) is 0.0253. The van der Waals surface area contributed by atoms with E-state index in [0.717, 1.165) is 0 Å². The lowest BCUT2D eigenvalue weighted by molar-refractivity contribution is -0.349. The lowest BCUT2D eigenvalue weighted by Gasteiger charge is -2.47. The van der Waals surface area contributed by atoms with Crippen molar-refractivity contribution in [3.05, 3.63) is 0 Å². The Bertz CT molecular complexity index is 2030. The molecule has 2 rings (SSSR count). The van der Waals surface area contributed by atoms with E-state index in [2.05, 4.69) is 0 Å². The molecule has 14 atom stereocenters. The van der Waals surface area contributed by atoms with Crippen LogP contribution in [0.3, 0.4) is 0 Å². The number of aldehydes is 1. The summed E-state index contributed by atoms with van der Waals surface area (Å²) >= 11 is 0. The number of hydrogen-bond acceptors (Lipinski definition) is 27. The minimum Gasteiger partial charge on any atom is -0.480 e. The molecule has 0 aromatic rings. The molecule has 38 nitrogen and oxygen atoms in total. The topological polar surface area (TPSA) is 566 Å². The van der Waals surface area contributed by atoms with Crippen molar-refractivity contribution in [3.63, 3.8) is 0 Å². The summed E-state index contributed by atoms with van der Waals surface area (Å²) in [6.45, 7) is -17.5. The van der Waals surface area contributed by atoms with Crippen molar-refractivity contribution in [3.8, 4) is 0 Å². The van der Waals surface area contributed by atoms with Crippen LogP contribution in [0.5, 0.6) is 0 Å². The highest BCUT2D eigenvalue weighted by Gasteiger charge is 2.53. The van der Waals surface area contributed by atoms with Crippen LogP contribution in [0.4, 0.5) is 0 Å². The first-order chi connectivity index (χ1) is 36.7. The zero-order valence-electron chi connectivity index (χ0n) is 40.0. The zero-order chi connectivity index (χ0) is 58.6. The van der Waals surface area contributed by atoms with Gasteiger partial charge in [-0.2, -0.15) is 0 Å². The van der Waals surface area contributed by atoms with Gasteiger partial charge in [-0.15, -0.1) is 0 Å². The smallest absolute Gasteiger partial charge is 0.329 e. The van der Waals surface area contributed by atoms with Crippen LogP contribution in [0.15, 0.2) is 0 Å². The van der Waals surface area contributed by atoms with Crippen LogP contribution in [0.2, 0.25) is 0 Å². The van der Waals surface area contributed by atoms with Crippen molar-refractivity contribution >= 4 is 71.9 Å². The number of carboxylic acids is 11. The predicted octanol–water partition coefficient (Wildman–Crippen LogP) is -6.53. The molecule has 38 heteroatoms. The molecule has 0 radical (unpaired) electrons. The van der Waals surface area contributed by atoms with Gasteiger partial charge in [-0.3, -0.25) is 0 Å². The average Bonchev–Trinajstić information content (AvgIpc) is 3.35. The van der Waals surface area contributed by atoms with E-state index in [1.165, 1.54) is 0 Å². The SMILES string of the molecule is O=CC(OCC(=O)O)C(OCC(=O)O)C(OCC(=O)O)C(COC1OC(COC2OC(COCC(=O)O)C(OCC(=O)O)C(OCC(=O)O)C2OCC(=O)O)C(OCC(=O)O)C(OCC(=O)O)C1OCC(=O)O)OCC(=O)O. The van der Waals surface area contributed by atoms with Crippen molar-refractivity contribution in [2.24, 2.45) is 0 Å². The number of aliphatic carboxylic acids is 11. The third kappa shape index (κ3) is 25.1. The van der Waals surface area contributed by atoms with Crippen LogP contribution in [0.25, 0.3) is 0 Å². The molecule has 0 spiro atoms. The molecule has 2 saturated heterocycles. The molecule has 0 aromatic heterocycles. The molecule has 442 valence electrons. The lowest BCUT2D eigenvalue weighted by Crippen LogP contribution is -2.65. The summed E-state index contributed by atoms with van der Waals surface area (Å²) in [7, 11) is 0. The summed E-state index contributed by atoms with van der Waals surface area (Å²) in [5.74, 6) is -18.8. The molecule has 14 unspecified atom stereocenters. The minimum absolute atomic E-state index is 0.143. The lowest BCUT2D eigenvalue weighted by atomic mass is 9.97. The summed E-state index contributed by atoms with van der Waals surface area (Å²) in [6, 6.07) is 0. The van der Waals surface area contributed by atoms with Gasteiger partial charge in [-0.25, -0.2) is 52.7 Å². The maximum atomic E-state index is 12.3. The number of hydrogen-bond donors (Lipinski definition) is 11. The van der Waals surface area contributed by atoms with E-state index in [1.54, 1.807) is 0 Å². The maximum Gasteiger partial charge on any atom is 0.329 e. The van der Waals surface area contributed by atoms with Gasteiger partial charge in [-0.1, -0.05) is 0 Å². The monoisotopic (exact) mass is 1140 g/mol. The second-order valence-electron chi connectivity index (χ2n) is 15.6. The minimum atomic E-state index is -2.30. The molecule has 11 N–H and O–H groups in total. The fraction of sp³-hybridized carbons (Fsp3) is 0.700. The molecule has 2 heterocycles. The van der Waals surface area contributed by atoms with Gasteiger partial charge >= 0.3 is 65.7 Å². The van der Waals surface area contributed by atoms with Gasteiger partial charge in [-0.05, 0) is 0 Å². The number of carbonyl (C=O) groups excluding carboxylic acids is 1. The van der Waals surface area contributed by atoms with Gasteiger partial charge in [0.1, 0.15) is 146 Å². The largest absolute Gasteiger partial charge is 0.480 e. The van der Waals surface area contributed by atoms with Crippen LogP contribution in [-0.4, -0.2) is 306 Å². The van der Waals surface area contributed by atoms with Crippen LogP contribution in [-0.2, 0) is 129 Å². The summed E-state index contributed by atoms with van der Waals surface area (Å²) in [5.41, 5.74) is 0. The number of carboxylic acid groups (broad SMARTS) is 11. The summed E-state index contributed by atoms with van der Waals surface area (Å²) in [6.07, 6.45) is -29.3. The fourth-order valence-electron chi connectivity index (χ4n) is 7.00. The van der Waals surface area contributed by atoms with Crippen LogP contribution in [0.1, 0.15) is 0 Å². The van der Waals surface area contributed by atoms with Gasteiger partial charge in [0.25, 0.3) is 0 Å². The number of carbonyl (C=O) groups is 12. The van der Waals surface area contributed by atoms with Crippen LogP contribution in [0, 0.1) is 0 Å². The number of ether oxygens (including phenoxy) is 15. The Hall–Kier alpha value is -6.76. The predicted molar refractivity (Wildman–Crippen MR) is 228 cm³/mol. The van der Waals surface area contributed by atoms with Gasteiger partial charge in [0.15, 0.2) is 18.9 Å². The molecule has 0 aromatic carbocycles. The third-order valence-electron chi connectivity index (χ3n) is 9.70. The molecule has 0 bridgehead atoms. The third-order valence-corrected chi connectivity index (χ3v) is 9.70. The Morgan fingerprint density at radius 3 is 1.05 bits per heavy atom. The average molecular weight is 1140 g/mol. The Kier molecular flexibility index (Phi) is 30.1. The van der Waals surface area contributed by atoms with E-state index < -0.39 is 244 Å². The molecule has 2 aliphatic heterocycles. The zero-order valence-corrected chi connectivity index (χ0v) is 40.0. The summed E-state index contributed by atoms with van der Waals surface area (Å²) in [5, 5.41) is 104. The fourth-order valence-corrected chi connectivity index (χ4v) is 7.00. The first-order valence-corrected chi connectivity index (χ1v) is 21.9. The Labute approximate surface area is 434 Å².